The number of nitriles is 1. The molecule has 0 spiro atoms. The maximum atomic E-state index is 14.5. The zero-order valence-corrected chi connectivity index (χ0v) is 25.4. The van der Waals surface area contributed by atoms with Gasteiger partial charge in [-0.1, -0.05) is 6.07 Å². The molecule has 0 amide bonds. The number of benzene rings is 3. The van der Waals surface area contributed by atoms with Crippen molar-refractivity contribution in [3.8, 4) is 17.6 Å². The Morgan fingerprint density at radius 3 is 2.61 bits per heavy atom. The van der Waals surface area contributed by atoms with E-state index in [0.717, 1.165) is 67.4 Å². The molecule has 0 bridgehead atoms. The first-order chi connectivity index (χ1) is 22.2. The summed E-state index contributed by atoms with van der Waals surface area (Å²) >= 11 is 0. The second kappa shape index (κ2) is 13.7. The summed E-state index contributed by atoms with van der Waals surface area (Å²) in [6.45, 7) is 5.26. The third-order valence-electron chi connectivity index (χ3n) is 8.47. The molecule has 0 aliphatic carbocycles. The van der Waals surface area contributed by atoms with E-state index in [1.54, 1.807) is 19.1 Å². The molecule has 0 radical (unpaired) electrons. The molecule has 4 aromatic rings. The van der Waals surface area contributed by atoms with Gasteiger partial charge in [-0.15, -0.1) is 0 Å². The number of imidazole rings is 1. The van der Waals surface area contributed by atoms with E-state index in [9.17, 15) is 18.7 Å². The number of hydrogen-bond acceptors (Lipinski definition) is 7. The first-order valence-electron chi connectivity index (χ1n) is 15.3. The van der Waals surface area contributed by atoms with Gasteiger partial charge in [-0.2, -0.15) is 5.26 Å². The van der Waals surface area contributed by atoms with Gasteiger partial charge in [0.05, 0.1) is 41.9 Å². The van der Waals surface area contributed by atoms with Crippen molar-refractivity contribution in [3.05, 3.63) is 94.8 Å². The summed E-state index contributed by atoms with van der Waals surface area (Å²) in [5, 5.41) is 18.1. The number of carboxylic acids is 1. The van der Waals surface area contributed by atoms with E-state index in [4.69, 9.17) is 24.5 Å². The number of likely N-dealkylation sites (tertiary alicyclic amines) is 1. The van der Waals surface area contributed by atoms with Gasteiger partial charge in [-0.05, 0) is 85.9 Å². The van der Waals surface area contributed by atoms with E-state index in [2.05, 4.69) is 9.47 Å². The fourth-order valence-corrected chi connectivity index (χ4v) is 5.80. The van der Waals surface area contributed by atoms with Crippen LogP contribution in [0, 0.1) is 23.0 Å². The van der Waals surface area contributed by atoms with Gasteiger partial charge in [0, 0.05) is 31.3 Å². The lowest BCUT2D eigenvalue weighted by Gasteiger charge is -2.32. The lowest BCUT2D eigenvalue weighted by molar-refractivity contribution is -0.131. The molecule has 0 saturated carbocycles. The van der Waals surface area contributed by atoms with Crippen molar-refractivity contribution in [2.24, 2.45) is 0 Å². The smallest absolute Gasteiger partial charge is 0.328 e. The summed E-state index contributed by atoms with van der Waals surface area (Å²) in [5.74, 6) is -0.749. The molecular weight excluding hydrogens is 594 g/mol. The van der Waals surface area contributed by atoms with Crippen LogP contribution in [0.15, 0.2) is 60.7 Å². The Morgan fingerprint density at radius 2 is 1.91 bits per heavy atom. The minimum absolute atomic E-state index is 0.0554. The Balaban J connectivity index is 1.09. The summed E-state index contributed by atoms with van der Waals surface area (Å²) in [5.41, 5.74) is 3.74. The normalized spacial score (nSPS) is 17.4. The second-order valence-electron chi connectivity index (χ2n) is 11.7. The monoisotopic (exact) mass is 628 g/mol. The molecule has 6 rings (SSSR count). The quantitative estimate of drug-likeness (QED) is 0.199. The van der Waals surface area contributed by atoms with Gasteiger partial charge in [-0.3, -0.25) is 4.90 Å². The van der Waals surface area contributed by atoms with Gasteiger partial charge in [0.25, 0.3) is 0 Å². The average Bonchev–Trinajstić information content (AvgIpc) is 3.35. The summed E-state index contributed by atoms with van der Waals surface area (Å²) in [4.78, 5) is 18.5. The summed E-state index contributed by atoms with van der Waals surface area (Å²) in [6, 6.07) is 16.1. The number of carbonyl (C=O) groups is 1. The van der Waals surface area contributed by atoms with Crippen LogP contribution >= 0.6 is 0 Å². The minimum Gasteiger partial charge on any atom is -0.490 e. The van der Waals surface area contributed by atoms with Crippen molar-refractivity contribution in [1.82, 2.24) is 14.5 Å². The van der Waals surface area contributed by atoms with Gasteiger partial charge in [0.2, 0.25) is 0 Å². The van der Waals surface area contributed by atoms with Crippen LogP contribution in [0.3, 0.4) is 0 Å². The second-order valence-corrected chi connectivity index (χ2v) is 11.7. The van der Waals surface area contributed by atoms with Crippen LogP contribution in [0.2, 0.25) is 0 Å². The van der Waals surface area contributed by atoms with Crippen LogP contribution in [0.25, 0.3) is 16.6 Å². The predicted octanol–water partition coefficient (Wildman–Crippen LogP) is 6.09. The molecular formula is C35H34F2N4O5. The van der Waals surface area contributed by atoms with Crippen LogP contribution in [-0.2, 0) is 29.2 Å². The number of nitrogens with zero attached hydrogens (tertiary/aromatic N) is 4. The molecule has 1 aromatic heterocycles. The van der Waals surface area contributed by atoms with E-state index in [1.807, 2.05) is 24.3 Å². The molecule has 9 nitrogen and oxygen atoms in total. The van der Waals surface area contributed by atoms with Crippen molar-refractivity contribution >= 4 is 22.6 Å². The van der Waals surface area contributed by atoms with Gasteiger partial charge in [0.1, 0.15) is 30.1 Å². The molecule has 238 valence electrons. The Morgan fingerprint density at radius 1 is 1.11 bits per heavy atom. The maximum Gasteiger partial charge on any atom is 0.328 e. The highest BCUT2D eigenvalue weighted by molar-refractivity contribution is 5.91. The van der Waals surface area contributed by atoms with E-state index >= 15 is 0 Å². The lowest BCUT2D eigenvalue weighted by Crippen LogP contribution is -2.39. The third kappa shape index (κ3) is 7.19. The standard InChI is InChI=1S/C35H34F2N4O5/c1-22(14-35(42)43)24-3-6-31-32(17-24)41(19-28-10-13-44-28)34(39-31)20-40-11-8-26(9-12-40)46-27-4-5-29(36)25(16-27)21-45-33-7-2-23(18-38)15-30(33)37/h2-7,14-17,26,28H,8-13,19-21H2,1H3,(H,42,43)/b22-14+/t28-/m0/s1. The number of ether oxygens (including phenoxy) is 3. The Labute approximate surface area is 265 Å². The Kier molecular flexibility index (Phi) is 9.28. The van der Waals surface area contributed by atoms with Gasteiger partial charge < -0.3 is 23.9 Å². The molecule has 3 aromatic carbocycles. The molecule has 0 unspecified atom stereocenters. The number of allylic oxidation sites excluding steroid dienone is 1. The topological polar surface area (TPSA) is 110 Å². The minimum atomic E-state index is -0.979. The fraction of sp³-hybridized carbons (Fsp3) is 0.343. The summed E-state index contributed by atoms with van der Waals surface area (Å²) < 4.78 is 48.4. The first-order valence-corrected chi connectivity index (χ1v) is 15.3. The van der Waals surface area contributed by atoms with Gasteiger partial charge >= 0.3 is 5.97 Å². The fourth-order valence-electron chi connectivity index (χ4n) is 5.80. The van der Waals surface area contributed by atoms with Crippen LogP contribution in [0.5, 0.6) is 11.5 Å². The third-order valence-corrected chi connectivity index (χ3v) is 8.47. The number of fused-ring (bicyclic) bond motifs is 1. The van der Waals surface area contributed by atoms with Crippen molar-refractivity contribution < 1.29 is 32.9 Å². The van der Waals surface area contributed by atoms with E-state index in [-0.39, 0.29) is 35.7 Å². The average molecular weight is 629 g/mol. The molecule has 2 aliphatic heterocycles. The van der Waals surface area contributed by atoms with Crippen molar-refractivity contribution in [2.45, 2.75) is 58.1 Å². The molecule has 2 saturated heterocycles. The van der Waals surface area contributed by atoms with Gasteiger partial charge in [-0.25, -0.2) is 18.6 Å². The van der Waals surface area contributed by atoms with E-state index in [1.165, 1.54) is 24.3 Å². The lowest BCUT2D eigenvalue weighted by atomic mass is 10.1. The molecule has 1 N–H and O–H groups in total. The highest BCUT2D eigenvalue weighted by Crippen LogP contribution is 2.28. The maximum absolute atomic E-state index is 14.5. The number of piperidine rings is 1. The molecule has 2 aliphatic rings. The number of hydrogen-bond donors (Lipinski definition) is 1. The molecule has 11 heteroatoms. The van der Waals surface area contributed by atoms with Gasteiger partial charge in [0.15, 0.2) is 11.6 Å². The summed E-state index contributed by atoms with van der Waals surface area (Å²) in [7, 11) is 0. The van der Waals surface area contributed by atoms with Crippen LogP contribution in [0.4, 0.5) is 8.78 Å². The van der Waals surface area contributed by atoms with E-state index < -0.39 is 17.6 Å². The zero-order valence-electron chi connectivity index (χ0n) is 25.4. The van der Waals surface area contributed by atoms with Crippen LogP contribution < -0.4 is 9.47 Å². The van der Waals surface area contributed by atoms with Crippen LogP contribution in [0.1, 0.15) is 48.7 Å². The van der Waals surface area contributed by atoms with Crippen molar-refractivity contribution in [3.63, 3.8) is 0 Å². The molecule has 2 fully saturated rings. The number of carboxylic acid groups (broad SMARTS) is 1. The SMILES string of the molecule is C/C(=C\C(=O)O)c1ccc2nc(CN3CCC(Oc4ccc(F)c(COc5ccc(C#N)cc5F)c4)CC3)n(C[C@@H]3CCO3)c2c1. The number of aromatic nitrogens is 2. The number of aliphatic carboxylic acids is 1. The first kappa shape index (κ1) is 31.2. The molecule has 1 atom stereocenters. The van der Waals surface area contributed by atoms with Crippen molar-refractivity contribution in [1.29, 1.82) is 5.26 Å². The number of rotatable bonds is 11. The highest BCUT2D eigenvalue weighted by atomic mass is 19.1. The molecule has 3 heterocycles. The number of halogens is 2. The predicted molar refractivity (Wildman–Crippen MR) is 166 cm³/mol. The largest absolute Gasteiger partial charge is 0.490 e. The van der Waals surface area contributed by atoms with E-state index in [0.29, 0.717) is 24.4 Å². The molecule has 46 heavy (non-hydrogen) atoms. The Hall–Kier alpha value is -4.79. The van der Waals surface area contributed by atoms with Crippen molar-refractivity contribution in [2.75, 3.05) is 19.7 Å². The zero-order chi connectivity index (χ0) is 32.2. The Bertz CT molecular complexity index is 1820. The van der Waals surface area contributed by atoms with Crippen LogP contribution in [-0.4, -0.2) is 57.4 Å². The highest BCUT2D eigenvalue weighted by Gasteiger charge is 2.26. The summed E-state index contributed by atoms with van der Waals surface area (Å²) in [6.07, 6.45) is 3.82.